The molecule has 1 N–H and O–H groups in total. The minimum absolute atomic E-state index is 0.0484. The number of benzene rings is 1. The summed E-state index contributed by atoms with van der Waals surface area (Å²) in [6, 6.07) is 7.49. The maximum absolute atomic E-state index is 12.4. The minimum atomic E-state index is -0.234. The van der Waals surface area contributed by atoms with E-state index >= 15 is 0 Å². The van der Waals surface area contributed by atoms with Gasteiger partial charge in [0.05, 0.1) is 7.11 Å². The molecule has 0 amide bonds. The van der Waals surface area contributed by atoms with E-state index in [4.69, 9.17) is 0 Å². The van der Waals surface area contributed by atoms with Crippen molar-refractivity contribution < 1.29 is 9.53 Å². The lowest BCUT2D eigenvalue weighted by molar-refractivity contribution is -0.140. The predicted molar refractivity (Wildman–Crippen MR) is 97.4 cm³/mol. The molecule has 0 radical (unpaired) electrons. The lowest BCUT2D eigenvalue weighted by Crippen LogP contribution is -2.07. The number of esters is 1. The van der Waals surface area contributed by atoms with E-state index < -0.39 is 0 Å². The van der Waals surface area contributed by atoms with Crippen molar-refractivity contribution in [3.63, 3.8) is 0 Å². The number of nitrogens with one attached hydrogen (secondary N) is 1. The highest BCUT2D eigenvalue weighted by Crippen LogP contribution is 2.14. The second-order valence-electron chi connectivity index (χ2n) is 6.28. The molecule has 1 aromatic heterocycles. The zero-order chi connectivity index (χ0) is 17.4. The number of aryl methyl sites for hydroxylation is 2. The van der Waals surface area contributed by atoms with Gasteiger partial charge in [-0.3, -0.25) is 9.59 Å². The number of carbonyl (C=O) groups is 1. The Labute approximate surface area is 143 Å². The highest BCUT2D eigenvalue weighted by molar-refractivity contribution is 5.79. The topological polar surface area (TPSA) is 59.2 Å². The largest absolute Gasteiger partial charge is 0.469 e. The van der Waals surface area contributed by atoms with Crippen molar-refractivity contribution in [2.45, 2.75) is 58.3 Å². The molecule has 0 aliphatic heterocycles. The molecule has 130 valence electrons. The third-order valence-corrected chi connectivity index (χ3v) is 4.35. The fourth-order valence-electron chi connectivity index (χ4n) is 2.91. The summed E-state index contributed by atoms with van der Waals surface area (Å²) in [6.45, 7) is 2.21. The van der Waals surface area contributed by atoms with Crippen molar-refractivity contribution in [3.05, 3.63) is 45.7 Å². The molecule has 2 aromatic rings. The summed E-state index contributed by atoms with van der Waals surface area (Å²) < 4.78 is 4.65. The van der Waals surface area contributed by atoms with Gasteiger partial charge in [-0.1, -0.05) is 38.7 Å². The Morgan fingerprint density at radius 2 is 1.88 bits per heavy atom. The average molecular weight is 329 g/mol. The maximum Gasteiger partial charge on any atom is 0.305 e. The first-order valence-corrected chi connectivity index (χ1v) is 8.85. The highest BCUT2D eigenvalue weighted by Gasteiger charge is 2.06. The normalized spacial score (nSPS) is 10.9. The van der Waals surface area contributed by atoms with Crippen molar-refractivity contribution in [1.29, 1.82) is 0 Å². The van der Waals surface area contributed by atoms with E-state index in [-0.39, 0.29) is 11.4 Å². The molecule has 0 bridgehead atoms. The molecule has 0 saturated heterocycles. The van der Waals surface area contributed by atoms with Crippen LogP contribution in [0.4, 0.5) is 0 Å². The number of H-pyrrole nitrogens is 1. The molecule has 2 rings (SSSR count). The number of methoxy groups -OCH3 is 1. The van der Waals surface area contributed by atoms with Crippen LogP contribution >= 0.6 is 0 Å². The monoisotopic (exact) mass is 329 g/mol. The van der Waals surface area contributed by atoms with E-state index in [1.807, 2.05) is 18.2 Å². The quantitative estimate of drug-likeness (QED) is 0.555. The van der Waals surface area contributed by atoms with E-state index in [1.54, 1.807) is 6.07 Å². The first kappa shape index (κ1) is 18.2. The molecule has 0 saturated carbocycles. The number of aromatic nitrogens is 1. The first-order valence-electron chi connectivity index (χ1n) is 8.85. The summed E-state index contributed by atoms with van der Waals surface area (Å²) in [5.41, 5.74) is 2.90. The van der Waals surface area contributed by atoms with Crippen LogP contribution in [0.25, 0.3) is 10.9 Å². The molecule has 0 unspecified atom stereocenters. The number of unbranched alkanes of at least 4 members (excludes halogenated alkanes) is 4. The molecule has 1 heterocycles. The zero-order valence-corrected chi connectivity index (χ0v) is 14.7. The molecule has 4 heteroatoms. The Morgan fingerprint density at radius 1 is 1.08 bits per heavy atom. The Bertz CT molecular complexity index is 733. The van der Waals surface area contributed by atoms with E-state index in [0.29, 0.717) is 18.2 Å². The van der Waals surface area contributed by atoms with Gasteiger partial charge in [0.15, 0.2) is 5.43 Å². The Balaban J connectivity index is 2.05. The van der Waals surface area contributed by atoms with Gasteiger partial charge in [-0.25, -0.2) is 0 Å². The van der Waals surface area contributed by atoms with Gasteiger partial charge in [0.2, 0.25) is 0 Å². The fraction of sp³-hybridized carbons (Fsp3) is 0.500. The minimum Gasteiger partial charge on any atom is -0.469 e. The van der Waals surface area contributed by atoms with E-state index in [1.165, 1.54) is 32.8 Å². The lowest BCUT2D eigenvalue weighted by Gasteiger charge is -2.07. The van der Waals surface area contributed by atoms with Gasteiger partial charge in [0.25, 0.3) is 0 Å². The van der Waals surface area contributed by atoms with Crippen LogP contribution in [-0.2, 0) is 22.4 Å². The van der Waals surface area contributed by atoms with E-state index in [9.17, 15) is 9.59 Å². The summed E-state index contributed by atoms with van der Waals surface area (Å²) in [6.07, 6.45) is 7.93. The average Bonchev–Trinajstić information content (AvgIpc) is 2.59. The number of carbonyl (C=O) groups excluding carboxylic acids is 1. The molecule has 0 atom stereocenters. The van der Waals surface area contributed by atoms with Crippen LogP contribution in [0.15, 0.2) is 29.1 Å². The Morgan fingerprint density at radius 3 is 2.62 bits per heavy atom. The van der Waals surface area contributed by atoms with Crippen molar-refractivity contribution >= 4 is 16.9 Å². The molecule has 24 heavy (non-hydrogen) atoms. The summed E-state index contributed by atoms with van der Waals surface area (Å²) >= 11 is 0. The standard InChI is InChI=1S/C20H27NO3/c1-3-4-5-6-7-8-16-14-19(22)17-13-15(9-11-18(17)21-16)10-12-20(23)24-2/h9,11,13-14H,3-8,10,12H2,1-2H3,(H,21,22). The van der Waals surface area contributed by atoms with Gasteiger partial charge < -0.3 is 9.72 Å². The van der Waals surface area contributed by atoms with E-state index in [0.717, 1.165) is 29.6 Å². The van der Waals surface area contributed by atoms with Gasteiger partial charge in [-0.15, -0.1) is 0 Å². The number of rotatable bonds is 9. The van der Waals surface area contributed by atoms with Crippen molar-refractivity contribution in [1.82, 2.24) is 4.98 Å². The van der Waals surface area contributed by atoms with Gasteiger partial charge >= 0.3 is 5.97 Å². The fourth-order valence-corrected chi connectivity index (χ4v) is 2.91. The van der Waals surface area contributed by atoms with Crippen LogP contribution in [0.3, 0.4) is 0 Å². The summed E-state index contributed by atoms with van der Waals surface area (Å²) in [4.78, 5) is 27.0. The van der Waals surface area contributed by atoms with E-state index in [2.05, 4.69) is 16.6 Å². The first-order chi connectivity index (χ1) is 11.6. The number of hydrogen-bond acceptors (Lipinski definition) is 3. The zero-order valence-electron chi connectivity index (χ0n) is 14.7. The van der Waals surface area contributed by atoms with Crippen LogP contribution in [0.2, 0.25) is 0 Å². The SMILES string of the molecule is CCCCCCCc1cc(=O)c2cc(CCC(=O)OC)ccc2[nH]1. The Kier molecular flexibility index (Phi) is 7.04. The maximum atomic E-state index is 12.4. The third kappa shape index (κ3) is 5.22. The molecule has 4 nitrogen and oxygen atoms in total. The van der Waals surface area contributed by atoms with Crippen LogP contribution in [-0.4, -0.2) is 18.1 Å². The second-order valence-corrected chi connectivity index (χ2v) is 6.28. The van der Waals surface area contributed by atoms with Crippen LogP contribution < -0.4 is 5.43 Å². The number of pyridine rings is 1. The lowest BCUT2D eigenvalue weighted by atomic mass is 10.0. The van der Waals surface area contributed by atoms with Crippen LogP contribution in [0.5, 0.6) is 0 Å². The second kappa shape index (κ2) is 9.26. The molecular weight excluding hydrogens is 302 g/mol. The van der Waals surface area contributed by atoms with Gasteiger partial charge in [-0.05, 0) is 37.0 Å². The molecular formula is C20H27NO3. The summed E-state index contributed by atoms with van der Waals surface area (Å²) in [5, 5.41) is 0.687. The summed E-state index contributed by atoms with van der Waals surface area (Å²) in [5.74, 6) is -0.234. The number of aromatic amines is 1. The molecule has 0 aliphatic carbocycles. The highest BCUT2D eigenvalue weighted by atomic mass is 16.5. The smallest absolute Gasteiger partial charge is 0.305 e. The van der Waals surface area contributed by atoms with Gasteiger partial charge in [0.1, 0.15) is 0 Å². The number of fused-ring (bicyclic) bond motifs is 1. The van der Waals surface area contributed by atoms with Crippen molar-refractivity contribution in [3.8, 4) is 0 Å². The third-order valence-electron chi connectivity index (χ3n) is 4.35. The number of ether oxygens (including phenoxy) is 1. The van der Waals surface area contributed by atoms with Gasteiger partial charge in [0, 0.05) is 29.1 Å². The van der Waals surface area contributed by atoms with Crippen molar-refractivity contribution in [2.24, 2.45) is 0 Å². The van der Waals surface area contributed by atoms with Crippen molar-refractivity contribution in [2.75, 3.05) is 7.11 Å². The predicted octanol–water partition coefficient (Wildman–Crippen LogP) is 4.15. The molecule has 0 spiro atoms. The number of hydrogen-bond donors (Lipinski definition) is 1. The molecule has 1 aromatic carbocycles. The van der Waals surface area contributed by atoms with Gasteiger partial charge in [-0.2, -0.15) is 0 Å². The molecule has 0 aliphatic rings. The Hall–Kier alpha value is -2.10. The molecule has 0 fully saturated rings. The van der Waals surface area contributed by atoms with Crippen LogP contribution in [0, 0.1) is 0 Å². The summed E-state index contributed by atoms with van der Waals surface area (Å²) in [7, 11) is 1.39. The van der Waals surface area contributed by atoms with Crippen LogP contribution in [0.1, 0.15) is 56.7 Å².